The van der Waals surface area contributed by atoms with Crippen molar-refractivity contribution in [1.29, 1.82) is 0 Å². The van der Waals surface area contributed by atoms with E-state index in [4.69, 9.17) is 10.5 Å². The molecule has 0 aromatic heterocycles. The van der Waals surface area contributed by atoms with E-state index >= 15 is 0 Å². The second kappa shape index (κ2) is 5.44. The van der Waals surface area contributed by atoms with Crippen LogP contribution >= 0.6 is 0 Å². The third-order valence-corrected chi connectivity index (χ3v) is 2.61. The van der Waals surface area contributed by atoms with E-state index in [1.807, 2.05) is 6.92 Å². The Balaban J connectivity index is 2.26. The van der Waals surface area contributed by atoms with Gasteiger partial charge < -0.3 is 20.9 Å². The first kappa shape index (κ1) is 12.4. The summed E-state index contributed by atoms with van der Waals surface area (Å²) in [5.41, 5.74) is 4.73. The normalized spacial score (nSPS) is 27.7. The molecule has 0 aromatic rings. The van der Waals surface area contributed by atoms with Crippen molar-refractivity contribution in [2.24, 2.45) is 5.73 Å². The Labute approximate surface area is 90.0 Å². The van der Waals surface area contributed by atoms with Gasteiger partial charge in [-0.3, -0.25) is 4.79 Å². The summed E-state index contributed by atoms with van der Waals surface area (Å²) in [5, 5.41) is 12.5. The minimum atomic E-state index is -0.901. The molecule has 1 rings (SSSR count). The van der Waals surface area contributed by atoms with Gasteiger partial charge in [-0.1, -0.05) is 13.3 Å². The molecule has 1 saturated heterocycles. The average Bonchev–Trinajstić information content (AvgIpc) is 2.63. The quantitative estimate of drug-likeness (QED) is 0.572. The SMILES string of the molecule is CCCC(N)C(=O)NCC1(O)CCOC1. The molecular formula is C10H20N2O3. The largest absolute Gasteiger partial charge is 0.386 e. The van der Waals surface area contributed by atoms with Crippen molar-refractivity contribution >= 4 is 5.91 Å². The van der Waals surface area contributed by atoms with E-state index in [1.165, 1.54) is 0 Å². The first-order valence-electron chi connectivity index (χ1n) is 5.41. The summed E-state index contributed by atoms with van der Waals surface area (Å²) in [6.45, 7) is 3.04. The highest BCUT2D eigenvalue weighted by atomic mass is 16.5. The number of nitrogens with one attached hydrogen (secondary N) is 1. The lowest BCUT2D eigenvalue weighted by Crippen LogP contribution is -2.48. The van der Waals surface area contributed by atoms with Gasteiger partial charge in [0.2, 0.25) is 5.91 Å². The first-order chi connectivity index (χ1) is 7.07. The Bertz CT molecular complexity index is 215. The van der Waals surface area contributed by atoms with E-state index in [9.17, 15) is 9.90 Å². The number of aliphatic hydroxyl groups is 1. The topological polar surface area (TPSA) is 84.6 Å². The lowest BCUT2D eigenvalue weighted by molar-refractivity contribution is -0.123. The molecule has 2 atom stereocenters. The van der Waals surface area contributed by atoms with Crippen molar-refractivity contribution in [2.75, 3.05) is 19.8 Å². The lowest BCUT2D eigenvalue weighted by Gasteiger charge is -2.21. The lowest BCUT2D eigenvalue weighted by atomic mass is 10.0. The van der Waals surface area contributed by atoms with Gasteiger partial charge in [0.05, 0.1) is 12.6 Å². The maximum Gasteiger partial charge on any atom is 0.237 e. The van der Waals surface area contributed by atoms with Gasteiger partial charge in [0, 0.05) is 19.6 Å². The molecule has 0 bridgehead atoms. The number of amides is 1. The summed E-state index contributed by atoms with van der Waals surface area (Å²) in [7, 11) is 0. The molecule has 0 spiro atoms. The highest BCUT2D eigenvalue weighted by Crippen LogP contribution is 2.16. The predicted octanol–water partition coefficient (Wildman–Crippen LogP) is -0.619. The number of ether oxygens (including phenoxy) is 1. The van der Waals surface area contributed by atoms with Crippen molar-refractivity contribution < 1.29 is 14.6 Å². The number of carbonyl (C=O) groups excluding carboxylic acids is 1. The third kappa shape index (κ3) is 3.77. The number of hydrogen-bond acceptors (Lipinski definition) is 4. The number of nitrogens with two attached hydrogens (primary N) is 1. The molecule has 2 unspecified atom stereocenters. The fraction of sp³-hybridized carbons (Fsp3) is 0.900. The van der Waals surface area contributed by atoms with E-state index in [0.29, 0.717) is 19.4 Å². The van der Waals surface area contributed by atoms with Gasteiger partial charge in [0.25, 0.3) is 0 Å². The summed E-state index contributed by atoms with van der Waals surface area (Å²) in [6.07, 6.45) is 2.11. The average molecular weight is 216 g/mol. The molecule has 0 radical (unpaired) electrons. The Kier molecular flexibility index (Phi) is 4.50. The second-order valence-corrected chi connectivity index (χ2v) is 4.14. The van der Waals surface area contributed by atoms with Gasteiger partial charge in [-0.15, -0.1) is 0 Å². The molecule has 4 N–H and O–H groups in total. The molecule has 1 fully saturated rings. The van der Waals surface area contributed by atoms with E-state index < -0.39 is 11.6 Å². The minimum Gasteiger partial charge on any atom is -0.386 e. The molecule has 88 valence electrons. The van der Waals surface area contributed by atoms with Gasteiger partial charge in [-0.2, -0.15) is 0 Å². The zero-order chi connectivity index (χ0) is 11.3. The standard InChI is InChI=1S/C10H20N2O3/c1-2-3-8(11)9(13)12-6-10(14)4-5-15-7-10/h8,14H,2-7,11H2,1H3,(H,12,13). The van der Waals surface area contributed by atoms with Crippen molar-refractivity contribution in [1.82, 2.24) is 5.32 Å². The molecule has 1 aliphatic heterocycles. The van der Waals surface area contributed by atoms with Crippen LogP contribution in [0.4, 0.5) is 0 Å². The highest BCUT2D eigenvalue weighted by Gasteiger charge is 2.32. The summed E-state index contributed by atoms with van der Waals surface area (Å²) in [6, 6.07) is -0.471. The maximum atomic E-state index is 11.4. The van der Waals surface area contributed by atoms with Crippen LogP contribution in [-0.4, -0.2) is 42.4 Å². The van der Waals surface area contributed by atoms with Crippen LogP contribution in [-0.2, 0) is 9.53 Å². The fourth-order valence-corrected chi connectivity index (χ4v) is 1.56. The van der Waals surface area contributed by atoms with Crippen molar-refractivity contribution in [3.05, 3.63) is 0 Å². The fourth-order valence-electron chi connectivity index (χ4n) is 1.56. The predicted molar refractivity (Wildman–Crippen MR) is 56.3 cm³/mol. The summed E-state index contributed by atoms with van der Waals surface area (Å²) in [4.78, 5) is 11.4. The maximum absolute atomic E-state index is 11.4. The Morgan fingerprint density at radius 1 is 1.73 bits per heavy atom. The zero-order valence-corrected chi connectivity index (χ0v) is 9.16. The van der Waals surface area contributed by atoms with Gasteiger partial charge in [-0.25, -0.2) is 0 Å². The van der Waals surface area contributed by atoms with E-state index in [1.54, 1.807) is 0 Å². The molecule has 1 amide bonds. The molecule has 0 aliphatic carbocycles. The van der Waals surface area contributed by atoms with Gasteiger partial charge in [0.1, 0.15) is 5.60 Å². The molecule has 1 aliphatic rings. The number of hydrogen-bond donors (Lipinski definition) is 3. The van der Waals surface area contributed by atoms with Crippen molar-refractivity contribution in [2.45, 2.75) is 37.8 Å². The van der Waals surface area contributed by atoms with Crippen molar-refractivity contribution in [3.8, 4) is 0 Å². The Morgan fingerprint density at radius 3 is 3.00 bits per heavy atom. The molecule has 5 nitrogen and oxygen atoms in total. The molecule has 15 heavy (non-hydrogen) atoms. The highest BCUT2D eigenvalue weighted by molar-refractivity contribution is 5.81. The smallest absolute Gasteiger partial charge is 0.237 e. The monoisotopic (exact) mass is 216 g/mol. The van der Waals surface area contributed by atoms with Crippen LogP contribution < -0.4 is 11.1 Å². The Hall–Kier alpha value is -0.650. The third-order valence-electron chi connectivity index (χ3n) is 2.61. The van der Waals surface area contributed by atoms with Crippen molar-refractivity contribution in [3.63, 3.8) is 0 Å². The molecular weight excluding hydrogens is 196 g/mol. The number of carbonyl (C=O) groups is 1. The molecule has 1 heterocycles. The zero-order valence-electron chi connectivity index (χ0n) is 9.16. The van der Waals surface area contributed by atoms with E-state index in [2.05, 4.69) is 5.32 Å². The first-order valence-corrected chi connectivity index (χ1v) is 5.41. The molecule has 0 aromatic carbocycles. The number of rotatable bonds is 5. The van der Waals surface area contributed by atoms with Crippen LogP contribution in [0.2, 0.25) is 0 Å². The van der Waals surface area contributed by atoms with E-state index in [-0.39, 0.29) is 19.1 Å². The van der Waals surface area contributed by atoms with Crippen LogP contribution in [0.15, 0.2) is 0 Å². The van der Waals surface area contributed by atoms with Gasteiger partial charge >= 0.3 is 0 Å². The summed E-state index contributed by atoms with van der Waals surface area (Å²) in [5.74, 6) is -0.197. The minimum absolute atomic E-state index is 0.197. The van der Waals surface area contributed by atoms with E-state index in [0.717, 1.165) is 6.42 Å². The van der Waals surface area contributed by atoms with Crippen LogP contribution in [0.25, 0.3) is 0 Å². The van der Waals surface area contributed by atoms with Gasteiger partial charge in [0.15, 0.2) is 0 Å². The second-order valence-electron chi connectivity index (χ2n) is 4.14. The van der Waals surface area contributed by atoms with Crippen LogP contribution in [0.1, 0.15) is 26.2 Å². The molecule has 0 saturated carbocycles. The van der Waals surface area contributed by atoms with Gasteiger partial charge in [-0.05, 0) is 6.42 Å². The van der Waals surface area contributed by atoms with Crippen LogP contribution in [0.3, 0.4) is 0 Å². The summed E-state index contributed by atoms with van der Waals surface area (Å²) >= 11 is 0. The van der Waals surface area contributed by atoms with Crippen LogP contribution in [0.5, 0.6) is 0 Å². The van der Waals surface area contributed by atoms with Crippen LogP contribution in [0, 0.1) is 0 Å². The Morgan fingerprint density at radius 2 is 2.47 bits per heavy atom. The molecule has 5 heteroatoms. The summed E-state index contributed by atoms with van der Waals surface area (Å²) < 4.78 is 5.07.